The van der Waals surface area contributed by atoms with Gasteiger partial charge >= 0.3 is 12.1 Å². The molecule has 0 saturated carbocycles. The summed E-state index contributed by atoms with van der Waals surface area (Å²) >= 11 is 0. The van der Waals surface area contributed by atoms with Crippen LogP contribution >= 0.6 is 0 Å². The largest absolute Gasteiger partial charge is 0.457 e. The third-order valence-corrected chi connectivity index (χ3v) is 8.31. The number of hydrogen-bond acceptors (Lipinski definition) is 6. The number of rotatable bonds is 4. The van der Waals surface area contributed by atoms with Crippen molar-refractivity contribution in [2.75, 3.05) is 25.0 Å². The van der Waals surface area contributed by atoms with E-state index in [0.717, 1.165) is 54.4 Å². The average molecular weight is 597 g/mol. The number of fused-ring (bicyclic) bond motifs is 2. The maximum Gasteiger partial charge on any atom is 0.410 e. The normalized spacial score (nSPS) is 16.4. The minimum Gasteiger partial charge on any atom is -0.457 e. The maximum absolute atomic E-state index is 13.0. The van der Waals surface area contributed by atoms with Gasteiger partial charge in [-0.3, -0.25) is 5.32 Å². The van der Waals surface area contributed by atoms with Crippen LogP contribution in [-0.4, -0.2) is 62.1 Å². The number of amides is 3. The molecule has 2 aliphatic heterocycles. The number of urea groups is 1. The van der Waals surface area contributed by atoms with E-state index in [0.29, 0.717) is 36.1 Å². The Labute approximate surface area is 257 Å². The second-order valence-corrected chi connectivity index (χ2v) is 13.4. The molecule has 3 amide bonds. The van der Waals surface area contributed by atoms with Crippen molar-refractivity contribution in [3.05, 3.63) is 66.1 Å². The zero-order valence-corrected chi connectivity index (χ0v) is 26.1. The summed E-state index contributed by atoms with van der Waals surface area (Å²) in [5.41, 5.74) is 4.38. The highest BCUT2D eigenvalue weighted by Gasteiger charge is 2.28. The van der Waals surface area contributed by atoms with Gasteiger partial charge in [-0.05, 0) is 92.5 Å². The first-order valence-electron chi connectivity index (χ1n) is 15.2. The predicted molar refractivity (Wildman–Crippen MR) is 170 cm³/mol. The molecular formula is C34H40N6O4. The van der Waals surface area contributed by atoms with Crippen molar-refractivity contribution in [3.63, 3.8) is 0 Å². The second-order valence-electron chi connectivity index (χ2n) is 13.4. The standard InChI is InChI=1S/C34H40N6O4/c1-33(2,3)44-32(42)40-15-10-22-6-7-25(18-24(22)21-40)43-27-9-14-36-30-29(27)26(20-37-30)23-8-13-35-28(19-23)38-31(41)39-16-11-34(4,5)12-17-39/h6-9,13-14,18-20H,10-12,15-17,21H2,1-5H3,(H,36,37)(H,35,38,41). The number of piperidine rings is 1. The molecule has 3 aromatic heterocycles. The fourth-order valence-electron chi connectivity index (χ4n) is 5.72. The Balaban J connectivity index is 1.22. The van der Waals surface area contributed by atoms with E-state index in [4.69, 9.17) is 9.47 Å². The zero-order chi connectivity index (χ0) is 31.1. The highest BCUT2D eigenvalue weighted by atomic mass is 16.6. The lowest BCUT2D eigenvalue weighted by Crippen LogP contribution is -2.43. The summed E-state index contributed by atoms with van der Waals surface area (Å²) in [6, 6.07) is 11.5. The van der Waals surface area contributed by atoms with Crippen LogP contribution in [0.1, 0.15) is 58.6 Å². The van der Waals surface area contributed by atoms with Crippen LogP contribution in [0, 0.1) is 5.41 Å². The first-order chi connectivity index (χ1) is 20.9. The number of pyridine rings is 2. The molecule has 10 nitrogen and oxygen atoms in total. The molecule has 1 saturated heterocycles. The number of nitrogens with one attached hydrogen (secondary N) is 2. The Bertz CT molecular complexity index is 1700. The molecular weight excluding hydrogens is 556 g/mol. The number of likely N-dealkylation sites (tertiary alicyclic amines) is 1. The summed E-state index contributed by atoms with van der Waals surface area (Å²) in [6.45, 7) is 12.6. The fourth-order valence-corrected chi connectivity index (χ4v) is 5.72. The SMILES string of the molecule is CC1(C)CCN(C(=O)Nc2cc(-c3c[nH]c4nccc(Oc5ccc6c(c5)CN(C(=O)OC(C)(C)C)CC6)c34)ccn2)CC1. The highest BCUT2D eigenvalue weighted by Crippen LogP contribution is 2.38. The van der Waals surface area contributed by atoms with Crippen LogP contribution in [0.4, 0.5) is 15.4 Å². The Morgan fingerprint density at radius 2 is 1.73 bits per heavy atom. The summed E-state index contributed by atoms with van der Waals surface area (Å²) < 4.78 is 12.1. The summed E-state index contributed by atoms with van der Waals surface area (Å²) in [5.74, 6) is 1.80. The zero-order valence-electron chi connectivity index (χ0n) is 26.1. The minimum atomic E-state index is -0.546. The van der Waals surface area contributed by atoms with Crippen molar-refractivity contribution in [1.29, 1.82) is 0 Å². The van der Waals surface area contributed by atoms with Gasteiger partial charge in [-0.25, -0.2) is 19.6 Å². The Morgan fingerprint density at radius 1 is 0.955 bits per heavy atom. The highest BCUT2D eigenvalue weighted by molar-refractivity contribution is 5.99. The molecule has 4 aromatic rings. The van der Waals surface area contributed by atoms with Crippen molar-refractivity contribution in [1.82, 2.24) is 24.8 Å². The lowest BCUT2D eigenvalue weighted by molar-refractivity contribution is 0.0223. The third-order valence-electron chi connectivity index (χ3n) is 8.31. The van der Waals surface area contributed by atoms with Gasteiger partial charge in [-0.2, -0.15) is 0 Å². The molecule has 1 aromatic carbocycles. The van der Waals surface area contributed by atoms with Gasteiger partial charge in [0.1, 0.15) is 28.6 Å². The number of carbonyl (C=O) groups is 2. The van der Waals surface area contributed by atoms with E-state index >= 15 is 0 Å². The molecule has 230 valence electrons. The molecule has 1 fully saturated rings. The molecule has 44 heavy (non-hydrogen) atoms. The van der Waals surface area contributed by atoms with E-state index in [1.165, 1.54) is 5.56 Å². The minimum absolute atomic E-state index is 0.132. The van der Waals surface area contributed by atoms with Crippen molar-refractivity contribution in [2.45, 2.75) is 66.0 Å². The molecule has 2 aliphatic rings. The number of hydrogen-bond donors (Lipinski definition) is 2. The van der Waals surface area contributed by atoms with Gasteiger partial charge < -0.3 is 24.3 Å². The number of aromatic amines is 1. The first-order valence-corrected chi connectivity index (χ1v) is 15.2. The Hall–Kier alpha value is -4.60. The maximum atomic E-state index is 13.0. The first kappa shape index (κ1) is 29.5. The number of carbonyl (C=O) groups excluding carboxylic acids is 2. The smallest absolute Gasteiger partial charge is 0.410 e. The number of H-pyrrole nitrogens is 1. The van der Waals surface area contributed by atoms with Crippen LogP contribution in [0.3, 0.4) is 0 Å². The van der Waals surface area contributed by atoms with Crippen LogP contribution in [0.5, 0.6) is 11.5 Å². The Kier molecular flexibility index (Phi) is 7.69. The van der Waals surface area contributed by atoms with Crippen molar-refractivity contribution < 1.29 is 19.1 Å². The van der Waals surface area contributed by atoms with E-state index < -0.39 is 5.60 Å². The van der Waals surface area contributed by atoms with E-state index in [9.17, 15) is 9.59 Å². The van der Waals surface area contributed by atoms with Crippen LogP contribution in [-0.2, 0) is 17.7 Å². The molecule has 0 aliphatic carbocycles. The molecule has 0 radical (unpaired) electrons. The summed E-state index contributed by atoms with van der Waals surface area (Å²) in [7, 11) is 0. The quantitative estimate of drug-likeness (QED) is 0.254. The number of nitrogens with zero attached hydrogens (tertiary/aromatic N) is 4. The predicted octanol–water partition coefficient (Wildman–Crippen LogP) is 7.36. The van der Waals surface area contributed by atoms with Crippen LogP contribution in [0.2, 0.25) is 0 Å². The molecule has 0 unspecified atom stereocenters. The van der Waals surface area contributed by atoms with Gasteiger partial charge in [0.05, 0.1) is 5.39 Å². The van der Waals surface area contributed by atoms with Gasteiger partial charge in [0.2, 0.25) is 0 Å². The van der Waals surface area contributed by atoms with E-state index in [1.807, 2.05) is 62.2 Å². The van der Waals surface area contributed by atoms with Gasteiger partial charge in [0.25, 0.3) is 0 Å². The molecule has 10 heteroatoms. The van der Waals surface area contributed by atoms with Crippen molar-refractivity contribution in [3.8, 4) is 22.6 Å². The van der Waals surface area contributed by atoms with Gasteiger partial charge in [-0.1, -0.05) is 19.9 Å². The summed E-state index contributed by atoms with van der Waals surface area (Å²) in [6.07, 6.45) is 7.70. The number of aromatic nitrogens is 3. The lowest BCUT2D eigenvalue weighted by Gasteiger charge is -2.36. The summed E-state index contributed by atoms with van der Waals surface area (Å²) in [4.78, 5) is 41.5. The van der Waals surface area contributed by atoms with Gasteiger partial charge in [-0.15, -0.1) is 0 Å². The van der Waals surface area contributed by atoms with E-state index in [1.54, 1.807) is 17.3 Å². The van der Waals surface area contributed by atoms with Crippen molar-refractivity contribution >= 4 is 29.0 Å². The van der Waals surface area contributed by atoms with Gasteiger partial charge in [0.15, 0.2) is 0 Å². The average Bonchev–Trinajstić information content (AvgIpc) is 3.41. The van der Waals surface area contributed by atoms with Crippen LogP contribution < -0.4 is 10.1 Å². The van der Waals surface area contributed by atoms with E-state index in [-0.39, 0.29) is 17.5 Å². The topological polar surface area (TPSA) is 113 Å². The molecule has 5 heterocycles. The summed E-state index contributed by atoms with van der Waals surface area (Å²) in [5, 5.41) is 3.80. The third kappa shape index (κ3) is 6.49. The molecule has 0 bridgehead atoms. The fraction of sp³-hybridized carbons (Fsp3) is 0.412. The van der Waals surface area contributed by atoms with Crippen molar-refractivity contribution in [2.24, 2.45) is 5.41 Å². The Morgan fingerprint density at radius 3 is 2.50 bits per heavy atom. The molecule has 0 atom stereocenters. The molecule has 0 spiro atoms. The van der Waals surface area contributed by atoms with Gasteiger partial charge in [0, 0.05) is 50.3 Å². The van der Waals surface area contributed by atoms with Crippen LogP contribution in [0.15, 0.2) is 55.0 Å². The number of ether oxygens (including phenoxy) is 2. The molecule has 6 rings (SSSR count). The second kappa shape index (κ2) is 11.5. The monoisotopic (exact) mass is 596 g/mol. The van der Waals surface area contributed by atoms with E-state index in [2.05, 4.69) is 40.2 Å². The lowest BCUT2D eigenvalue weighted by atomic mass is 9.83. The van der Waals surface area contributed by atoms with Crippen LogP contribution in [0.25, 0.3) is 22.2 Å². The number of benzene rings is 1. The molecule has 2 N–H and O–H groups in total. The number of anilines is 1.